The van der Waals surface area contributed by atoms with E-state index in [0.717, 1.165) is 12.8 Å². The minimum atomic E-state index is -0.650. The van der Waals surface area contributed by atoms with Crippen molar-refractivity contribution in [2.24, 2.45) is 0 Å². The van der Waals surface area contributed by atoms with Gasteiger partial charge in [0, 0.05) is 0 Å². The van der Waals surface area contributed by atoms with Crippen LogP contribution >= 0.6 is 0 Å². The zero-order chi connectivity index (χ0) is 8.04. The summed E-state index contributed by atoms with van der Waals surface area (Å²) in [4.78, 5) is 0. The summed E-state index contributed by atoms with van der Waals surface area (Å²) >= 11 is 0. The van der Waals surface area contributed by atoms with E-state index >= 15 is 0 Å². The summed E-state index contributed by atoms with van der Waals surface area (Å²) in [5.41, 5.74) is -0.650. The van der Waals surface area contributed by atoms with E-state index in [1.165, 1.54) is 0 Å². The van der Waals surface area contributed by atoms with Crippen molar-refractivity contribution in [3.05, 3.63) is 24.8 Å². The first-order valence-electron chi connectivity index (χ1n) is 3.65. The smallest absolute Gasteiger partial charge is 0.0802 e. The predicted molar refractivity (Wildman–Crippen MR) is 44.9 cm³/mol. The molecule has 10 heavy (non-hydrogen) atoms. The van der Waals surface area contributed by atoms with E-state index in [1.54, 1.807) is 25.2 Å². The van der Waals surface area contributed by atoms with Crippen molar-refractivity contribution in [3.63, 3.8) is 0 Å². The molecule has 1 N–H and O–H groups in total. The molecule has 0 aliphatic carbocycles. The van der Waals surface area contributed by atoms with Crippen molar-refractivity contribution in [3.8, 4) is 0 Å². The molecule has 0 bridgehead atoms. The summed E-state index contributed by atoms with van der Waals surface area (Å²) in [6.45, 7) is 7.38. The van der Waals surface area contributed by atoms with Gasteiger partial charge in [-0.3, -0.25) is 0 Å². The minimum Gasteiger partial charge on any atom is -0.386 e. The summed E-state index contributed by atoms with van der Waals surface area (Å²) < 4.78 is 0. The van der Waals surface area contributed by atoms with E-state index in [0.29, 0.717) is 0 Å². The number of hydrogen-bond donors (Lipinski definition) is 1. The first-order valence-corrected chi connectivity index (χ1v) is 3.65. The largest absolute Gasteiger partial charge is 0.386 e. The Labute approximate surface area is 63.1 Å². The van der Waals surface area contributed by atoms with Gasteiger partial charge in [-0.25, -0.2) is 0 Å². The summed E-state index contributed by atoms with van der Waals surface area (Å²) in [5, 5.41) is 9.51. The fraction of sp³-hybridized carbons (Fsp3) is 0.556. The molecule has 0 radical (unpaired) electrons. The Balaban J connectivity index is 3.84. The molecule has 0 heterocycles. The molecule has 0 aliphatic rings. The number of aliphatic hydroxyl groups is 1. The molecule has 0 saturated carbocycles. The van der Waals surface area contributed by atoms with Crippen LogP contribution in [0.25, 0.3) is 0 Å². The van der Waals surface area contributed by atoms with Gasteiger partial charge in [0.2, 0.25) is 0 Å². The highest BCUT2D eigenvalue weighted by atomic mass is 16.3. The van der Waals surface area contributed by atoms with Crippen LogP contribution in [0.1, 0.15) is 26.7 Å². The Morgan fingerprint density at radius 1 is 1.60 bits per heavy atom. The van der Waals surface area contributed by atoms with Crippen LogP contribution in [0.15, 0.2) is 24.8 Å². The molecule has 1 heteroatoms. The van der Waals surface area contributed by atoms with Gasteiger partial charge in [-0.2, -0.15) is 0 Å². The molecule has 1 unspecified atom stereocenters. The van der Waals surface area contributed by atoms with Gasteiger partial charge in [0.1, 0.15) is 0 Å². The lowest BCUT2D eigenvalue weighted by Gasteiger charge is -2.16. The summed E-state index contributed by atoms with van der Waals surface area (Å²) in [5.74, 6) is 0. The van der Waals surface area contributed by atoms with E-state index < -0.39 is 5.60 Å². The molecule has 0 aliphatic heterocycles. The van der Waals surface area contributed by atoms with Crippen LogP contribution in [-0.2, 0) is 0 Å². The van der Waals surface area contributed by atoms with Crippen molar-refractivity contribution >= 4 is 0 Å². The van der Waals surface area contributed by atoms with Gasteiger partial charge in [0.25, 0.3) is 0 Å². The van der Waals surface area contributed by atoms with Gasteiger partial charge in [-0.1, -0.05) is 38.2 Å². The van der Waals surface area contributed by atoms with Crippen LogP contribution in [0.4, 0.5) is 0 Å². The molecule has 0 aromatic rings. The molecule has 0 spiro atoms. The number of allylic oxidation sites excluding steroid dienone is 2. The Morgan fingerprint density at radius 3 is 2.60 bits per heavy atom. The molecular weight excluding hydrogens is 124 g/mol. The molecule has 1 nitrogen and oxygen atoms in total. The molecule has 0 fully saturated rings. The summed E-state index contributed by atoms with van der Waals surface area (Å²) in [6, 6.07) is 0. The van der Waals surface area contributed by atoms with E-state index in [2.05, 4.69) is 13.5 Å². The highest BCUT2D eigenvalue weighted by molar-refractivity contribution is 5.05. The zero-order valence-corrected chi connectivity index (χ0v) is 6.80. The SMILES string of the molecule is C=C/C=C/C(C)(O)CCC. The second-order valence-electron chi connectivity index (χ2n) is 2.70. The van der Waals surface area contributed by atoms with Crippen molar-refractivity contribution < 1.29 is 5.11 Å². The lowest BCUT2D eigenvalue weighted by atomic mass is 10.0. The molecule has 0 amide bonds. The second kappa shape index (κ2) is 4.29. The maximum Gasteiger partial charge on any atom is 0.0802 e. The van der Waals surface area contributed by atoms with Crippen LogP contribution in [0.2, 0.25) is 0 Å². The fourth-order valence-corrected chi connectivity index (χ4v) is 0.865. The molecule has 58 valence electrons. The average Bonchev–Trinajstić information content (AvgIpc) is 1.84. The lowest BCUT2D eigenvalue weighted by molar-refractivity contribution is 0.101. The normalized spacial score (nSPS) is 17.1. The quantitative estimate of drug-likeness (QED) is 0.594. The first kappa shape index (κ1) is 9.44. The van der Waals surface area contributed by atoms with Crippen molar-refractivity contribution in [2.75, 3.05) is 0 Å². The maximum absolute atomic E-state index is 9.51. The summed E-state index contributed by atoms with van der Waals surface area (Å²) in [6.07, 6.45) is 7.01. The van der Waals surface area contributed by atoms with E-state index in [9.17, 15) is 5.11 Å². The minimum absolute atomic E-state index is 0.650. The third-order valence-corrected chi connectivity index (χ3v) is 1.35. The van der Waals surface area contributed by atoms with Gasteiger partial charge in [0.05, 0.1) is 5.60 Å². The standard InChI is InChI=1S/C9H16O/c1-4-6-8-9(3,10)7-5-2/h4,6,8,10H,1,5,7H2,2-3H3/b8-6+. The van der Waals surface area contributed by atoms with Crippen molar-refractivity contribution in [1.29, 1.82) is 0 Å². The number of hydrogen-bond acceptors (Lipinski definition) is 1. The first-order chi connectivity index (χ1) is 4.62. The second-order valence-corrected chi connectivity index (χ2v) is 2.70. The average molecular weight is 140 g/mol. The highest BCUT2D eigenvalue weighted by Gasteiger charge is 2.12. The summed E-state index contributed by atoms with van der Waals surface area (Å²) in [7, 11) is 0. The van der Waals surface area contributed by atoms with Crippen LogP contribution < -0.4 is 0 Å². The predicted octanol–water partition coefficient (Wildman–Crippen LogP) is 2.28. The third kappa shape index (κ3) is 4.33. The van der Waals surface area contributed by atoms with Crippen LogP contribution in [0.3, 0.4) is 0 Å². The van der Waals surface area contributed by atoms with Crippen LogP contribution in [0.5, 0.6) is 0 Å². The number of rotatable bonds is 4. The van der Waals surface area contributed by atoms with Crippen LogP contribution in [-0.4, -0.2) is 10.7 Å². The third-order valence-electron chi connectivity index (χ3n) is 1.35. The van der Waals surface area contributed by atoms with Gasteiger partial charge in [0.15, 0.2) is 0 Å². The topological polar surface area (TPSA) is 20.2 Å². The van der Waals surface area contributed by atoms with E-state index in [4.69, 9.17) is 0 Å². The van der Waals surface area contributed by atoms with Crippen molar-refractivity contribution in [1.82, 2.24) is 0 Å². The Morgan fingerprint density at radius 2 is 2.20 bits per heavy atom. The van der Waals surface area contributed by atoms with E-state index in [1.807, 2.05) is 0 Å². The maximum atomic E-state index is 9.51. The molecule has 0 rings (SSSR count). The Kier molecular flexibility index (Phi) is 4.05. The van der Waals surface area contributed by atoms with Crippen LogP contribution in [0, 0.1) is 0 Å². The highest BCUT2D eigenvalue weighted by Crippen LogP contribution is 2.12. The Bertz CT molecular complexity index is 123. The molecular formula is C9H16O. The fourth-order valence-electron chi connectivity index (χ4n) is 0.865. The zero-order valence-electron chi connectivity index (χ0n) is 6.80. The Hall–Kier alpha value is -0.560. The van der Waals surface area contributed by atoms with Gasteiger partial charge >= 0.3 is 0 Å². The molecule has 0 aromatic carbocycles. The molecule has 0 aromatic heterocycles. The van der Waals surface area contributed by atoms with Gasteiger partial charge in [-0.05, 0) is 13.3 Å². The van der Waals surface area contributed by atoms with Crippen molar-refractivity contribution in [2.45, 2.75) is 32.3 Å². The monoisotopic (exact) mass is 140 g/mol. The van der Waals surface area contributed by atoms with E-state index in [-0.39, 0.29) is 0 Å². The molecule has 1 atom stereocenters. The van der Waals surface area contributed by atoms with Gasteiger partial charge in [-0.15, -0.1) is 0 Å². The lowest BCUT2D eigenvalue weighted by Crippen LogP contribution is -2.19. The van der Waals surface area contributed by atoms with Gasteiger partial charge < -0.3 is 5.11 Å². The molecule has 0 saturated heterocycles.